The number of rotatable bonds is 14. The summed E-state index contributed by atoms with van der Waals surface area (Å²) in [6.45, 7) is 6.09. The standard InChI is InChI=1S/C23H41O3P/c1-6-9-17-27(18-10-7-2,19-11-8-3,20-21(4)25-5)26-23(24)22-15-13-12-14-16-22/h12-16,21H,6-11,17-20H2,1-5H3. The Morgan fingerprint density at radius 1 is 0.926 bits per heavy atom. The molecule has 0 bridgehead atoms. The monoisotopic (exact) mass is 396 g/mol. The van der Waals surface area contributed by atoms with Gasteiger partial charge in [0.25, 0.3) is 0 Å². The molecule has 1 unspecified atom stereocenters. The molecular formula is C23H41O3P. The Hall–Kier alpha value is -0.920. The van der Waals surface area contributed by atoms with E-state index in [0.717, 1.165) is 63.2 Å². The maximum atomic E-state index is 13.2. The molecule has 0 N–H and O–H groups in total. The van der Waals surface area contributed by atoms with Crippen LogP contribution in [0, 0.1) is 0 Å². The minimum atomic E-state index is -2.71. The molecule has 4 heteroatoms. The zero-order valence-corrected chi connectivity index (χ0v) is 19.1. The van der Waals surface area contributed by atoms with Gasteiger partial charge in [0.1, 0.15) is 0 Å². The molecule has 1 rings (SSSR count). The number of hydrogen-bond donors (Lipinski definition) is 0. The Labute approximate surface area is 167 Å². The van der Waals surface area contributed by atoms with Gasteiger partial charge >= 0.3 is 167 Å². The number of unbranched alkanes of at least 4 members (excludes halogenated alkanes) is 3. The second-order valence-electron chi connectivity index (χ2n) is 8.06. The normalized spacial score (nSPS) is 14.3. The minimum absolute atomic E-state index is 0.108. The van der Waals surface area contributed by atoms with Crippen molar-refractivity contribution < 1.29 is 14.1 Å². The van der Waals surface area contributed by atoms with E-state index in [-0.39, 0.29) is 12.1 Å². The zero-order valence-electron chi connectivity index (χ0n) is 18.2. The van der Waals surface area contributed by atoms with Gasteiger partial charge in [0.05, 0.1) is 0 Å². The molecule has 0 saturated heterocycles. The van der Waals surface area contributed by atoms with E-state index in [9.17, 15) is 4.79 Å². The first kappa shape index (κ1) is 24.1. The Morgan fingerprint density at radius 2 is 1.41 bits per heavy atom. The summed E-state index contributed by atoms with van der Waals surface area (Å²) in [4.78, 5) is 13.2. The third kappa shape index (κ3) is 7.20. The van der Waals surface area contributed by atoms with Crippen LogP contribution in [0.3, 0.4) is 0 Å². The zero-order chi connectivity index (χ0) is 20.2. The van der Waals surface area contributed by atoms with E-state index in [4.69, 9.17) is 9.26 Å². The summed E-state index contributed by atoms with van der Waals surface area (Å²) in [7, 11) is 1.77. The number of benzene rings is 1. The molecule has 0 aliphatic carbocycles. The Kier molecular flexibility index (Phi) is 10.6. The summed E-state index contributed by atoms with van der Waals surface area (Å²) >= 11 is 0. The third-order valence-electron chi connectivity index (χ3n) is 5.70. The van der Waals surface area contributed by atoms with Gasteiger partial charge in [-0.1, -0.05) is 0 Å². The van der Waals surface area contributed by atoms with Crippen LogP contribution in [0.4, 0.5) is 0 Å². The Bertz CT molecular complexity index is 519. The number of carbonyl (C=O) groups is 1. The predicted octanol–water partition coefficient (Wildman–Crippen LogP) is 6.75. The van der Waals surface area contributed by atoms with Crippen LogP contribution in [0.15, 0.2) is 30.3 Å². The van der Waals surface area contributed by atoms with Crippen LogP contribution in [0.5, 0.6) is 0 Å². The molecular weight excluding hydrogens is 355 g/mol. The van der Waals surface area contributed by atoms with E-state index in [1.807, 2.05) is 30.3 Å². The van der Waals surface area contributed by atoms with E-state index >= 15 is 0 Å². The summed E-state index contributed by atoms with van der Waals surface area (Å²) in [5.74, 6) is -0.139. The molecule has 0 spiro atoms. The van der Waals surface area contributed by atoms with Gasteiger partial charge in [-0.3, -0.25) is 0 Å². The van der Waals surface area contributed by atoms with Crippen LogP contribution in [0.25, 0.3) is 0 Å². The second kappa shape index (κ2) is 11.8. The summed E-state index contributed by atoms with van der Waals surface area (Å²) in [6.07, 6.45) is 10.8. The van der Waals surface area contributed by atoms with Crippen LogP contribution >= 0.6 is 6.83 Å². The molecule has 0 aromatic heterocycles. The van der Waals surface area contributed by atoms with Gasteiger partial charge in [0, 0.05) is 0 Å². The second-order valence-corrected chi connectivity index (χ2v) is 13.7. The molecule has 156 valence electrons. The summed E-state index contributed by atoms with van der Waals surface area (Å²) < 4.78 is 12.4. The van der Waals surface area contributed by atoms with Gasteiger partial charge in [-0.15, -0.1) is 0 Å². The number of hydrogen-bond acceptors (Lipinski definition) is 3. The van der Waals surface area contributed by atoms with Crippen molar-refractivity contribution in [1.82, 2.24) is 0 Å². The molecule has 0 amide bonds. The first-order chi connectivity index (χ1) is 12.9. The van der Waals surface area contributed by atoms with Gasteiger partial charge < -0.3 is 0 Å². The van der Waals surface area contributed by atoms with Gasteiger partial charge in [0.2, 0.25) is 0 Å². The van der Waals surface area contributed by atoms with Crippen molar-refractivity contribution in [2.75, 3.05) is 31.8 Å². The molecule has 0 aliphatic rings. The molecule has 0 aliphatic heterocycles. The van der Waals surface area contributed by atoms with E-state index in [0.29, 0.717) is 5.56 Å². The van der Waals surface area contributed by atoms with Crippen molar-refractivity contribution in [3.8, 4) is 0 Å². The third-order valence-corrected chi connectivity index (χ3v) is 12.2. The molecule has 1 atom stereocenters. The van der Waals surface area contributed by atoms with Crippen molar-refractivity contribution in [3.63, 3.8) is 0 Å². The van der Waals surface area contributed by atoms with Crippen LogP contribution in [-0.2, 0) is 9.26 Å². The summed E-state index contributed by atoms with van der Waals surface area (Å²) in [5, 5.41) is 0. The first-order valence-corrected chi connectivity index (χ1v) is 13.7. The Balaban J connectivity index is 3.36. The first-order valence-electron chi connectivity index (χ1n) is 10.8. The van der Waals surface area contributed by atoms with E-state index in [1.54, 1.807) is 7.11 Å². The molecule has 3 nitrogen and oxygen atoms in total. The SMILES string of the molecule is CCCCP(CCCC)(CCCC)(CC(C)OC)OC(=O)c1ccccc1. The van der Waals surface area contributed by atoms with Gasteiger partial charge in [-0.25, -0.2) is 0 Å². The van der Waals surface area contributed by atoms with Crippen LogP contribution in [0.2, 0.25) is 0 Å². The fraction of sp³-hybridized carbons (Fsp3) is 0.696. The van der Waals surface area contributed by atoms with Gasteiger partial charge in [-0.2, -0.15) is 0 Å². The molecule has 0 saturated carbocycles. The molecule has 0 radical (unpaired) electrons. The van der Waals surface area contributed by atoms with Crippen molar-refractivity contribution in [3.05, 3.63) is 35.9 Å². The topological polar surface area (TPSA) is 35.5 Å². The average Bonchev–Trinajstić information content (AvgIpc) is 2.70. The number of methoxy groups -OCH3 is 1. The fourth-order valence-electron chi connectivity index (χ4n) is 4.04. The maximum absolute atomic E-state index is 13.2. The van der Waals surface area contributed by atoms with E-state index in [1.165, 1.54) is 0 Å². The van der Waals surface area contributed by atoms with Crippen LogP contribution in [0.1, 0.15) is 76.6 Å². The van der Waals surface area contributed by atoms with Crippen molar-refractivity contribution in [2.45, 2.75) is 72.3 Å². The van der Waals surface area contributed by atoms with Gasteiger partial charge in [0.15, 0.2) is 0 Å². The summed E-state index contributed by atoms with van der Waals surface area (Å²) in [5.41, 5.74) is 0.668. The van der Waals surface area contributed by atoms with Crippen LogP contribution in [-0.4, -0.2) is 43.8 Å². The molecule has 27 heavy (non-hydrogen) atoms. The van der Waals surface area contributed by atoms with Crippen molar-refractivity contribution in [2.24, 2.45) is 0 Å². The molecule has 0 heterocycles. The van der Waals surface area contributed by atoms with Gasteiger partial charge in [-0.05, 0) is 0 Å². The summed E-state index contributed by atoms with van der Waals surface area (Å²) in [6, 6.07) is 9.50. The van der Waals surface area contributed by atoms with E-state index in [2.05, 4.69) is 27.7 Å². The van der Waals surface area contributed by atoms with Crippen molar-refractivity contribution in [1.29, 1.82) is 0 Å². The number of ether oxygens (including phenoxy) is 1. The molecule has 1 aromatic carbocycles. The van der Waals surface area contributed by atoms with E-state index < -0.39 is 6.83 Å². The predicted molar refractivity (Wildman–Crippen MR) is 119 cm³/mol. The number of carbonyl (C=O) groups excluding carboxylic acids is 1. The Morgan fingerprint density at radius 3 is 1.81 bits per heavy atom. The van der Waals surface area contributed by atoms with Crippen LogP contribution < -0.4 is 0 Å². The molecule has 0 fully saturated rings. The quantitative estimate of drug-likeness (QED) is 0.326. The average molecular weight is 397 g/mol. The molecule has 1 aromatic rings. The fourth-order valence-corrected chi connectivity index (χ4v) is 11.0. The van der Waals surface area contributed by atoms with Crippen molar-refractivity contribution >= 4 is 12.8 Å².